The first-order chi connectivity index (χ1) is 13.0. The molecule has 2 aromatic rings. The van der Waals surface area contributed by atoms with Crippen LogP contribution < -0.4 is 16.0 Å². The van der Waals surface area contributed by atoms with Crippen LogP contribution in [0.3, 0.4) is 0 Å². The molecule has 7 nitrogen and oxygen atoms in total. The van der Waals surface area contributed by atoms with E-state index in [1.165, 1.54) is 0 Å². The van der Waals surface area contributed by atoms with Crippen molar-refractivity contribution in [2.75, 3.05) is 25.9 Å². The summed E-state index contributed by atoms with van der Waals surface area (Å²) in [5, 5.41) is 0. The molecular formula is C20H24N4O3. The van der Waals surface area contributed by atoms with Crippen LogP contribution in [-0.2, 0) is 23.1 Å². The van der Waals surface area contributed by atoms with E-state index in [0.717, 1.165) is 48.3 Å². The Morgan fingerprint density at radius 1 is 1.30 bits per heavy atom. The number of nitrogens with zero attached hydrogens (tertiary/aromatic N) is 2. The Hall–Kier alpha value is -2.83. The lowest BCUT2D eigenvalue weighted by molar-refractivity contribution is -0.132. The van der Waals surface area contributed by atoms with Crippen molar-refractivity contribution in [3.8, 4) is 5.75 Å². The number of carbonyl (C=O) groups is 1. The summed E-state index contributed by atoms with van der Waals surface area (Å²) >= 11 is 0. The van der Waals surface area contributed by atoms with Gasteiger partial charge < -0.3 is 15.4 Å². The average Bonchev–Trinajstić information content (AvgIpc) is 3.01. The highest BCUT2D eigenvalue weighted by molar-refractivity contribution is 5.79. The van der Waals surface area contributed by atoms with E-state index in [4.69, 9.17) is 10.5 Å². The van der Waals surface area contributed by atoms with Crippen molar-refractivity contribution in [1.82, 2.24) is 14.9 Å². The third-order valence-corrected chi connectivity index (χ3v) is 6.00. The Morgan fingerprint density at radius 3 is 2.78 bits per heavy atom. The number of aromatic nitrogens is 2. The quantitative estimate of drug-likeness (QED) is 0.853. The molecule has 0 bridgehead atoms. The number of likely N-dealkylation sites (tertiary alicyclic amines) is 1. The smallest absolute Gasteiger partial charge is 0.255 e. The first-order valence-corrected chi connectivity index (χ1v) is 9.31. The number of anilines is 1. The maximum Gasteiger partial charge on any atom is 0.255 e. The van der Waals surface area contributed by atoms with Gasteiger partial charge in [0.2, 0.25) is 11.9 Å². The van der Waals surface area contributed by atoms with Gasteiger partial charge in [-0.05, 0) is 31.7 Å². The highest BCUT2D eigenvalue weighted by atomic mass is 16.5. The number of nitrogens with one attached hydrogen (secondary N) is 1. The molecule has 4 rings (SSSR count). The summed E-state index contributed by atoms with van der Waals surface area (Å²) in [5.74, 6) is 1.02. The Balaban J connectivity index is 1.47. The minimum absolute atomic E-state index is 0.103. The molecular weight excluding hydrogens is 344 g/mol. The van der Waals surface area contributed by atoms with Crippen LogP contribution in [0, 0.1) is 0 Å². The minimum Gasteiger partial charge on any atom is -0.496 e. The lowest BCUT2D eigenvalue weighted by atomic mass is 9.76. The number of hydrogen-bond acceptors (Lipinski definition) is 5. The number of aromatic amines is 1. The molecule has 1 aliphatic carbocycles. The van der Waals surface area contributed by atoms with Crippen LogP contribution in [0.15, 0.2) is 29.1 Å². The van der Waals surface area contributed by atoms with Gasteiger partial charge in [-0.15, -0.1) is 0 Å². The fourth-order valence-corrected chi connectivity index (χ4v) is 4.46. The molecule has 7 heteroatoms. The number of para-hydroxylation sites is 1. The van der Waals surface area contributed by atoms with Crippen LogP contribution in [0.25, 0.3) is 0 Å². The number of amides is 1. The number of carbonyl (C=O) groups excluding carboxylic acids is 1. The Morgan fingerprint density at radius 2 is 2.04 bits per heavy atom. The molecule has 0 atom stereocenters. The molecule has 3 N–H and O–H groups in total. The van der Waals surface area contributed by atoms with Crippen LogP contribution >= 0.6 is 0 Å². The summed E-state index contributed by atoms with van der Waals surface area (Å²) in [7, 11) is 1.62. The van der Waals surface area contributed by atoms with Gasteiger partial charge in [0, 0.05) is 29.6 Å². The Labute approximate surface area is 157 Å². The molecule has 2 heterocycles. The number of nitrogens with two attached hydrogens (primary N) is 1. The molecule has 1 aromatic carbocycles. The Bertz CT molecular complexity index is 929. The zero-order valence-corrected chi connectivity index (χ0v) is 15.5. The van der Waals surface area contributed by atoms with Crippen molar-refractivity contribution in [3.63, 3.8) is 0 Å². The number of piperidine rings is 1. The number of rotatable bonds is 3. The van der Waals surface area contributed by atoms with Gasteiger partial charge in [0.05, 0.1) is 19.2 Å². The standard InChI is InChI=1S/C20H24N4O3/c1-27-15-5-3-2-4-13(15)12-16(25)24-10-8-20(9-11-24)7-6-14-17(20)22-19(21)23-18(14)26/h2-5H,6-12H2,1H3,(H3,21,22,23,26). The number of benzene rings is 1. The molecule has 0 saturated carbocycles. The molecule has 1 amide bonds. The van der Waals surface area contributed by atoms with Gasteiger partial charge in [-0.25, -0.2) is 4.98 Å². The van der Waals surface area contributed by atoms with E-state index in [2.05, 4.69) is 9.97 Å². The lowest BCUT2D eigenvalue weighted by Crippen LogP contribution is -2.45. The fraction of sp³-hybridized carbons (Fsp3) is 0.450. The van der Waals surface area contributed by atoms with E-state index < -0.39 is 0 Å². The molecule has 142 valence electrons. The van der Waals surface area contributed by atoms with Crippen molar-refractivity contribution >= 4 is 11.9 Å². The van der Waals surface area contributed by atoms with Crippen molar-refractivity contribution in [2.45, 2.75) is 37.5 Å². The van der Waals surface area contributed by atoms with Crippen LogP contribution in [0.4, 0.5) is 5.95 Å². The molecule has 1 saturated heterocycles. The van der Waals surface area contributed by atoms with E-state index in [1.54, 1.807) is 7.11 Å². The van der Waals surface area contributed by atoms with Crippen molar-refractivity contribution < 1.29 is 9.53 Å². The molecule has 1 fully saturated rings. The van der Waals surface area contributed by atoms with Gasteiger partial charge >= 0.3 is 0 Å². The maximum absolute atomic E-state index is 12.8. The number of fused-ring (bicyclic) bond motifs is 2. The van der Waals surface area contributed by atoms with E-state index >= 15 is 0 Å². The highest BCUT2D eigenvalue weighted by Crippen LogP contribution is 2.44. The topological polar surface area (TPSA) is 101 Å². The molecule has 1 aliphatic heterocycles. The van der Waals surface area contributed by atoms with E-state index in [0.29, 0.717) is 19.5 Å². The monoisotopic (exact) mass is 368 g/mol. The number of methoxy groups -OCH3 is 1. The second-order valence-electron chi connectivity index (χ2n) is 7.43. The Kier molecular flexibility index (Phi) is 4.37. The second kappa shape index (κ2) is 6.72. The molecule has 0 radical (unpaired) electrons. The summed E-state index contributed by atoms with van der Waals surface area (Å²) in [4.78, 5) is 33.9. The molecule has 1 aromatic heterocycles. The number of nitrogen functional groups attached to an aromatic ring is 1. The van der Waals surface area contributed by atoms with E-state index in [1.807, 2.05) is 29.2 Å². The van der Waals surface area contributed by atoms with Gasteiger partial charge in [-0.3, -0.25) is 14.6 Å². The fourth-order valence-electron chi connectivity index (χ4n) is 4.46. The third-order valence-electron chi connectivity index (χ3n) is 6.00. The normalized spacial score (nSPS) is 17.7. The predicted molar refractivity (Wildman–Crippen MR) is 102 cm³/mol. The van der Waals surface area contributed by atoms with Gasteiger partial charge in [-0.1, -0.05) is 18.2 Å². The first-order valence-electron chi connectivity index (χ1n) is 9.31. The SMILES string of the molecule is COc1ccccc1CC(=O)N1CCC2(CCc3c2nc(N)[nH]c3=O)CC1. The number of ether oxygens (including phenoxy) is 1. The summed E-state index contributed by atoms with van der Waals surface area (Å²) in [5.41, 5.74) is 8.03. The van der Waals surface area contributed by atoms with E-state index in [9.17, 15) is 9.59 Å². The summed E-state index contributed by atoms with van der Waals surface area (Å²) < 4.78 is 5.35. The summed E-state index contributed by atoms with van der Waals surface area (Å²) in [6.45, 7) is 1.34. The van der Waals surface area contributed by atoms with Crippen LogP contribution in [0.2, 0.25) is 0 Å². The molecule has 1 spiro atoms. The third kappa shape index (κ3) is 3.07. The number of H-pyrrole nitrogens is 1. The average molecular weight is 368 g/mol. The van der Waals surface area contributed by atoms with Crippen LogP contribution in [0.5, 0.6) is 5.75 Å². The largest absolute Gasteiger partial charge is 0.496 e. The molecule has 2 aliphatic rings. The summed E-state index contributed by atoms with van der Waals surface area (Å²) in [6.07, 6.45) is 3.59. The lowest BCUT2D eigenvalue weighted by Gasteiger charge is -2.39. The first kappa shape index (κ1) is 17.6. The maximum atomic E-state index is 12.8. The summed E-state index contributed by atoms with van der Waals surface area (Å²) in [6, 6.07) is 7.61. The van der Waals surface area contributed by atoms with Crippen LogP contribution in [0.1, 0.15) is 36.1 Å². The van der Waals surface area contributed by atoms with Gasteiger partial charge in [0.1, 0.15) is 5.75 Å². The molecule has 0 unspecified atom stereocenters. The molecule has 27 heavy (non-hydrogen) atoms. The predicted octanol–water partition coefficient (Wildman–Crippen LogP) is 1.41. The van der Waals surface area contributed by atoms with Crippen molar-refractivity contribution in [3.05, 3.63) is 51.4 Å². The number of hydrogen-bond donors (Lipinski definition) is 2. The zero-order chi connectivity index (χ0) is 19.0. The highest BCUT2D eigenvalue weighted by Gasteiger charge is 2.44. The van der Waals surface area contributed by atoms with Crippen molar-refractivity contribution in [2.24, 2.45) is 0 Å². The van der Waals surface area contributed by atoms with Gasteiger partial charge in [0.15, 0.2) is 0 Å². The van der Waals surface area contributed by atoms with E-state index in [-0.39, 0.29) is 22.8 Å². The second-order valence-corrected chi connectivity index (χ2v) is 7.43. The van der Waals surface area contributed by atoms with Gasteiger partial charge in [0.25, 0.3) is 5.56 Å². The minimum atomic E-state index is -0.126. The van der Waals surface area contributed by atoms with Crippen molar-refractivity contribution in [1.29, 1.82) is 0 Å². The van der Waals surface area contributed by atoms with Crippen LogP contribution in [-0.4, -0.2) is 41.0 Å². The van der Waals surface area contributed by atoms with Gasteiger partial charge in [-0.2, -0.15) is 0 Å². The zero-order valence-electron chi connectivity index (χ0n) is 15.5.